The third-order valence-corrected chi connectivity index (χ3v) is 4.96. The number of carbonyl (C=O) groups is 1. The Bertz CT molecular complexity index is 433. The number of hydrogen-bond acceptors (Lipinski definition) is 2. The van der Waals surface area contributed by atoms with Crippen molar-refractivity contribution in [3.8, 4) is 5.75 Å². The van der Waals surface area contributed by atoms with Crippen LogP contribution in [0.1, 0.15) is 110 Å². The lowest BCUT2D eigenvalue weighted by Crippen LogP contribution is -2.07. The zero-order valence-corrected chi connectivity index (χ0v) is 19.1. The monoisotopic (exact) mass is 384 g/mol. The average molecular weight is 385 g/mol. The molecule has 1 aromatic rings. The molecule has 150 valence electrons. The van der Waals surface area contributed by atoms with E-state index in [4.69, 9.17) is 4.74 Å². The largest absolute Gasteiger partial charge is 0.427 e. The van der Waals surface area contributed by atoms with E-state index >= 15 is 0 Å². The van der Waals surface area contributed by atoms with Crippen molar-refractivity contribution in [1.29, 1.82) is 0 Å². The summed E-state index contributed by atoms with van der Waals surface area (Å²) in [7, 11) is 0. The molecule has 0 aromatic heterocycles. The fourth-order valence-electron chi connectivity index (χ4n) is 3.31. The molecule has 0 saturated heterocycles. The lowest BCUT2D eigenvalue weighted by molar-refractivity contribution is -0.134. The molecule has 0 aliphatic rings. The maximum absolute atomic E-state index is 11.7. The Morgan fingerprint density at radius 3 is 1.52 bits per heavy atom. The summed E-state index contributed by atoms with van der Waals surface area (Å²) in [5.74, 6) is 0.546. The van der Waals surface area contributed by atoms with Gasteiger partial charge in [-0.2, -0.15) is 0 Å². The molecule has 2 nitrogen and oxygen atoms in total. The van der Waals surface area contributed by atoms with Crippen LogP contribution in [0.25, 0.3) is 0 Å². The van der Waals surface area contributed by atoms with Crippen molar-refractivity contribution in [2.75, 3.05) is 0 Å². The van der Waals surface area contributed by atoms with E-state index in [1.165, 1.54) is 83.5 Å². The van der Waals surface area contributed by atoms with E-state index in [1.54, 1.807) is 0 Å². The highest BCUT2D eigenvalue weighted by Gasteiger charge is 2.03. The number of benzene rings is 1. The molecule has 0 aliphatic heterocycles. The number of unbranched alkanes of at least 4 members (excludes halogenated alkanes) is 14. The summed E-state index contributed by atoms with van der Waals surface area (Å²) in [6.07, 6.45) is 20.7. The van der Waals surface area contributed by atoms with Crippen molar-refractivity contribution in [2.24, 2.45) is 0 Å². The van der Waals surface area contributed by atoms with Crippen LogP contribution in [-0.4, -0.2) is 29.0 Å². The van der Waals surface area contributed by atoms with E-state index < -0.39 is 0 Å². The Balaban J connectivity index is 0.00000676. The van der Waals surface area contributed by atoms with E-state index in [0.717, 1.165) is 12.8 Å². The third kappa shape index (κ3) is 17.3. The summed E-state index contributed by atoms with van der Waals surface area (Å²) in [4.78, 5) is 11.7. The molecule has 3 heteroatoms. The molecule has 27 heavy (non-hydrogen) atoms. The van der Waals surface area contributed by atoms with Crippen LogP contribution in [0.5, 0.6) is 5.75 Å². The molecule has 0 aliphatic carbocycles. The van der Waals surface area contributed by atoms with E-state index in [1.807, 2.05) is 30.3 Å². The van der Waals surface area contributed by atoms with Crippen LogP contribution in [0.4, 0.5) is 0 Å². The number of para-hydroxylation sites is 1. The van der Waals surface area contributed by atoms with Gasteiger partial charge in [-0.1, -0.05) is 115 Å². The Kier molecular flexibility index (Phi) is 19.8. The predicted octanol–water partition coefficient (Wildman–Crippen LogP) is 7.47. The number of esters is 1. The van der Waals surface area contributed by atoms with Gasteiger partial charge in [0.05, 0.1) is 0 Å². The summed E-state index contributed by atoms with van der Waals surface area (Å²) in [6.45, 7) is 2.28. The van der Waals surface area contributed by atoms with Gasteiger partial charge in [0.2, 0.25) is 0 Å². The van der Waals surface area contributed by atoms with Gasteiger partial charge in [0.25, 0.3) is 0 Å². The molecule has 0 spiro atoms. The molecule has 0 unspecified atom stereocenters. The summed E-state index contributed by atoms with van der Waals surface area (Å²) < 4.78 is 5.29. The van der Waals surface area contributed by atoms with Crippen molar-refractivity contribution in [1.82, 2.24) is 0 Å². The highest BCUT2D eigenvalue weighted by atomic mass is 24.3. The highest BCUT2D eigenvalue weighted by molar-refractivity contribution is 5.75. The predicted molar refractivity (Wildman–Crippen MR) is 117 cm³/mol. The lowest BCUT2D eigenvalue weighted by Gasteiger charge is -2.04. The van der Waals surface area contributed by atoms with Crippen molar-refractivity contribution in [3.63, 3.8) is 0 Å². The first-order valence-corrected chi connectivity index (χ1v) is 11.1. The van der Waals surface area contributed by atoms with Gasteiger partial charge in [0.15, 0.2) is 0 Å². The standard InChI is InChI=1S/C24H40O2.Mg/c1-2-3-4-5-6-7-8-9-10-11-12-13-14-15-19-22-24(25)26-23-20-17-16-18-21-23;/h16-18,20-21H,2-15,19,22H2,1H3;. The number of carbonyl (C=O) groups excluding carboxylic acids is 1. The van der Waals surface area contributed by atoms with E-state index in [0.29, 0.717) is 12.2 Å². The van der Waals surface area contributed by atoms with Gasteiger partial charge in [-0.25, -0.2) is 0 Å². The first-order valence-electron chi connectivity index (χ1n) is 11.1. The van der Waals surface area contributed by atoms with Crippen molar-refractivity contribution < 1.29 is 9.53 Å². The second-order valence-corrected chi connectivity index (χ2v) is 7.49. The molecular weight excluding hydrogens is 345 g/mol. The van der Waals surface area contributed by atoms with Gasteiger partial charge in [-0.15, -0.1) is 0 Å². The molecule has 0 bridgehead atoms. The van der Waals surface area contributed by atoms with Crippen LogP contribution in [0.2, 0.25) is 0 Å². The van der Waals surface area contributed by atoms with Crippen LogP contribution >= 0.6 is 0 Å². The molecular formula is C24H40MgO2. The second kappa shape index (κ2) is 20.2. The lowest BCUT2D eigenvalue weighted by atomic mass is 10.0. The normalized spacial score (nSPS) is 10.4. The zero-order chi connectivity index (χ0) is 18.7. The van der Waals surface area contributed by atoms with Gasteiger partial charge in [-0.3, -0.25) is 4.79 Å². The van der Waals surface area contributed by atoms with E-state index in [9.17, 15) is 4.79 Å². The molecule has 0 amide bonds. The Labute approximate surface area is 184 Å². The molecule has 0 N–H and O–H groups in total. The minimum Gasteiger partial charge on any atom is -0.427 e. The topological polar surface area (TPSA) is 26.3 Å². The highest BCUT2D eigenvalue weighted by Crippen LogP contribution is 2.14. The SMILES string of the molecule is CCCCCCCCCCCCCCCCCC(=O)Oc1ccccc1.[Mg]. The first kappa shape index (κ1) is 26.5. The van der Waals surface area contributed by atoms with Crippen LogP contribution in [0, 0.1) is 0 Å². The average Bonchev–Trinajstić information content (AvgIpc) is 2.65. The summed E-state index contributed by atoms with van der Waals surface area (Å²) in [6, 6.07) is 9.34. The smallest absolute Gasteiger partial charge is 0.311 e. The van der Waals surface area contributed by atoms with Gasteiger partial charge in [0.1, 0.15) is 5.75 Å². The molecule has 0 atom stereocenters. The quantitative estimate of drug-likeness (QED) is 0.120. The zero-order valence-electron chi connectivity index (χ0n) is 17.7. The Morgan fingerprint density at radius 2 is 1.07 bits per heavy atom. The Hall–Kier alpha value is -0.544. The van der Waals surface area contributed by atoms with Crippen LogP contribution in [0.3, 0.4) is 0 Å². The summed E-state index contributed by atoms with van der Waals surface area (Å²) in [5, 5.41) is 0. The molecule has 2 radical (unpaired) electrons. The van der Waals surface area contributed by atoms with E-state index in [2.05, 4.69) is 6.92 Å². The molecule has 0 fully saturated rings. The van der Waals surface area contributed by atoms with Crippen LogP contribution in [0.15, 0.2) is 30.3 Å². The van der Waals surface area contributed by atoms with Gasteiger partial charge in [0, 0.05) is 29.5 Å². The number of hydrogen-bond donors (Lipinski definition) is 0. The fourth-order valence-corrected chi connectivity index (χ4v) is 3.31. The van der Waals surface area contributed by atoms with Gasteiger partial charge >= 0.3 is 5.97 Å². The molecule has 1 rings (SSSR count). The number of rotatable bonds is 17. The van der Waals surface area contributed by atoms with E-state index in [-0.39, 0.29) is 29.0 Å². The summed E-state index contributed by atoms with van der Waals surface area (Å²) in [5.41, 5.74) is 0. The number of ether oxygens (including phenoxy) is 1. The summed E-state index contributed by atoms with van der Waals surface area (Å²) >= 11 is 0. The van der Waals surface area contributed by atoms with Crippen molar-refractivity contribution >= 4 is 29.0 Å². The fraction of sp³-hybridized carbons (Fsp3) is 0.708. The van der Waals surface area contributed by atoms with Crippen molar-refractivity contribution in [3.05, 3.63) is 30.3 Å². The second-order valence-electron chi connectivity index (χ2n) is 7.49. The van der Waals surface area contributed by atoms with Gasteiger partial charge in [-0.05, 0) is 18.6 Å². The minimum absolute atomic E-state index is 0. The van der Waals surface area contributed by atoms with Gasteiger partial charge < -0.3 is 4.74 Å². The van der Waals surface area contributed by atoms with Crippen molar-refractivity contribution in [2.45, 2.75) is 110 Å². The molecule has 1 aromatic carbocycles. The Morgan fingerprint density at radius 1 is 0.667 bits per heavy atom. The first-order chi connectivity index (χ1) is 12.8. The minimum atomic E-state index is -0.106. The molecule has 0 heterocycles. The van der Waals surface area contributed by atoms with Crippen LogP contribution in [-0.2, 0) is 4.79 Å². The van der Waals surface area contributed by atoms with Crippen LogP contribution < -0.4 is 4.74 Å². The maximum Gasteiger partial charge on any atom is 0.311 e. The maximum atomic E-state index is 11.7. The third-order valence-electron chi connectivity index (χ3n) is 4.96. The molecule has 0 saturated carbocycles.